The van der Waals surface area contributed by atoms with E-state index < -0.39 is 0 Å². The van der Waals surface area contributed by atoms with E-state index in [1.165, 1.54) is 18.1 Å². The summed E-state index contributed by atoms with van der Waals surface area (Å²) < 4.78 is 1.37. The van der Waals surface area contributed by atoms with Gasteiger partial charge in [-0.1, -0.05) is 0 Å². The lowest BCUT2D eigenvalue weighted by Crippen LogP contribution is -2.34. The number of carbonyl (C=O) groups is 1. The first-order valence-corrected chi connectivity index (χ1v) is 2.99. The molecule has 0 fully saturated rings. The second-order valence-corrected chi connectivity index (χ2v) is 2.12. The molecule has 6 nitrogen and oxygen atoms in total. The number of rotatable bonds is 1. The molecule has 1 aromatic heterocycles. The third-order valence-electron chi connectivity index (χ3n) is 1.22. The Balaban J connectivity index is 2.93. The number of aryl methyl sites for hydroxylation is 1. The number of amides is 1. The summed E-state index contributed by atoms with van der Waals surface area (Å²) in [6.45, 7) is 0. The monoisotopic (exact) mass is 155 g/mol. The smallest absolute Gasteiger partial charge is 0.277 e. The fraction of sp³-hybridized carbons (Fsp3) is 0.400. The van der Waals surface area contributed by atoms with Crippen LogP contribution >= 0.6 is 0 Å². The normalized spacial score (nSPS) is 9.73. The van der Waals surface area contributed by atoms with Gasteiger partial charge >= 0.3 is 5.91 Å². The van der Waals surface area contributed by atoms with E-state index in [2.05, 4.69) is 10.1 Å². The Morgan fingerprint density at radius 2 is 2.45 bits per heavy atom. The molecule has 0 aromatic carbocycles. The lowest BCUT2D eigenvalue weighted by Gasteiger charge is -2.07. The molecule has 2 N–H and O–H groups in total. The molecule has 0 aliphatic carbocycles. The average Bonchev–Trinajstić information content (AvgIpc) is 2.33. The fourth-order valence-electron chi connectivity index (χ4n) is 0.648. The van der Waals surface area contributed by atoms with Crippen LogP contribution in [0.4, 0.5) is 0 Å². The largest absolute Gasteiger partial charge is 0.305 e. The third-order valence-corrected chi connectivity index (χ3v) is 1.22. The molecular formula is C5H9N5O. The van der Waals surface area contributed by atoms with Crippen LogP contribution < -0.4 is 5.84 Å². The molecule has 0 aliphatic rings. The summed E-state index contributed by atoms with van der Waals surface area (Å²) in [6, 6.07) is 0. The van der Waals surface area contributed by atoms with Crippen molar-refractivity contribution in [1.29, 1.82) is 0 Å². The predicted molar refractivity (Wildman–Crippen MR) is 37.3 cm³/mol. The molecule has 0 atom stereocenters. The van der Waals surface area contributed by atoms with Crippen LogP contribution in [0.25, 0.3) is 0 Å². The summed E-state index contributed by atoms with van der Waals surface area (Å²) in [6.07, 6.45) is 1.30. The Kier molecular flexibility index (Phi) is 1.86. The van der Waals surface area contributed by atoms with Gasteiger partial charge in [0.05, 0.1) is 0 Å². The van der Waals surface area contributed by atoms with Gasteiger partial charge in [-0.05, 0) is 0 Å². The highest BCUT2D eigenvalue weighted by atomic mass is 16.2. The average molecular weight is 155 g/mol. The van der Waals surface area contributed by atoms with Crippen molar-refractivity contribution in [3.63, 3.8) is 0 Å². The van der Waals surface area contributed by atoms with Crippen molar-refractivity contribution in [3.05, 3.63) is 12.2 Å². The Bertz CT molecular complexity index is 266. The van der Waals surface area contributed by atoms with Gasteiger partial charge in [-0.3, -0.25) is 9.80 Å². The lowest BCUT2D eigenvalue weighted by molar-refractivity contribution is 0.0778. The van der Waals surface area contributed by atoms with Crippen molar-refractivity contribution < 1.29 is 4.79 Å². The highest BCUT2D eigenvalue weighted by molar-refractivity contribution is 5.89. The minimum absolute atomic E-state index is 0.231. The molecule has 1 rings (SSSR count). The second kappa shape index (κ2) is 2.67. The van der Waals surface area contributed by atoms with E-state index in [0.717, 1.165) is 5.01 Å². The van der Waals surface area contributed by atoms with Crippen molar-refractivity contribution in [2.45, 2.75) is 0 Å². The molecule has 6 heteroatoms. The third kappa shape index (κ3) is 1.35. The van der Waals surface area contributed by atoms with Gasteiger partial charge in [0.2, 0.25) is 5.82 Å². The fourth-order valence-corrected chi connectivity index (χ4v) is 0.648. The lowest BCUT2D eigenvalue weighted by atomic mass is 10.5. The molecule has 0 spiro atoms. The first-order chi connectivity index (χ1) is 5.13. The number of nitrogens with two attached hydrogens (primary N) is 1. The summed E-state index contributed by atoms with van der Waals surface area (Å²) in [5, 5.41) is 4.68. The maximum Gasteiger partial charge on any atom is 0.305 e. The van der Waals surface area contributed by atoms with Crippen LogP contribution in [0.15, 0.2) is 6.33 Å². The zero-order valence-electron chi connectivity index (χ0n) is 6.35. The van der Waals surface area contributed by atoms with Gasteiger partial charge in [-0.15, -0.1) is 0 Å². The highest BCUT2D eigenvalue weighted by Gasteiger charge is 2.13. The summed E-state index contributed by atoms with van der Waals surface area (Å²) in [5.41, 5.74) is 0. The van der Waals surface area contributed by atoms with Crippen LogP contribution in [0.2, 0.25) is 0 Å². The van der Waals surface area contributed by atoms with Crippen LogP contribution in [-0.4, -0.2) is 32.7 Å². The number of hydrogen-bond acceptors (Lipinski definition) is 4. The Hall–Kier alpha value is -1.43. The zero-order chi connectivity index (χ0) is 8.43. The van der Waals surface area contributed by atoms with Crippen LogP contribution in [-0.2, 0) is 7.05 Å². The minimum atomic E-state index is -0.356. The molecule has 1 amide bonds. The number of aromatic nitrogens is 3. The minimum Gasteiger partial charge on any atom is -0.277 e. The first-order valence-electron chi connectivity index (χ1n) is 2.99. The summed E-state index contributed by atoms with van der Waals surface area (Å²) in [7, 11) is 3.08. The first kappa shape index (κ1) is 7.67. The molecule has 0 saturated carbocycles. The van der Waals surface area contributed by atoms with Crippen LogP contribution in [0, 0.1) is 0 Å². The van der Waals surface area contributed by atoms with E-state index in [9.17, 15) is 4.79 Å². The summed E-state index contributed by atoms with van der Waals surface area (Å²) in [4.78, 5) is 14.8. The van der Waals surface area contributed by atoms with Gasteiger partial charge < -0.3 is 0 Å². The maximum absolute atomic E-state index is 11.1. The van der Waals surface area contributed by atoms with Crippen molar-refractivity contribution in [1.82, 2.24) is 19.8 Å². The Labute approximate surface area is 63.6 Å². The number of hydrogen-bond donors (Lipinski definition) is 1. The zero-order valence-corrected chi connectivity index (χ0v) is 6.35. The summed E-state index contributed by atoms with van der Waals surface area (Å²) >= 11 is 0. The maximum atomic E-state index is 11.1. The summed E-state index contributed by atoms with van der Waals surface area (Å²) in [5.74, 6) is 5.07. The second-order valence-electron chi connectivity index (χ2n) is 2.12. The number of carbonyl (C=O) groups excluding carboxylic acids is 1. The molecular weight excluding hydrogens is 146 g/mol. The molecule has 0 radical (unpaired) electrons. The molecule has 0 unspecified atom stereocenters. The van der Waals surface area contributed by atoms with Crippen molar-refractivity contribution in [3.8, 4) is 0 Å². The van der Waals surface area contributed by atoms with Crippen molar-refractivity contribution in [2.24, 2.45) is 12.9 Å². The SMILES string of the molecule is CN(N)C(=O)c1ncnn1C. The van der Waals surface area contributed by atoms with Gasteiger partial charge in [0, 0.05) is 14.1 Å². The van der Waals surface area contributed by atoms with Crippen molar-refractivity contribution in [2.75, 3.05) is 7.05 Å². The Morgan fingerprint density at radius 3 is 2.82 bits per heavy atom. The number of hydrazine groups is 1. The topological polar surface area (TPSA) is 77.0 Å². The molecule has 60 valence electrons. The van der Waals surface area contributed by atoms with Crippen molar-refractivity contribution >= 4 is 5.91 Å². The molecule has 0 saturated heterocycles. The van der Waals surface area contributed by atoms with Gasteiger partial charge in [-0.25, -0.2) is 15.5 Å². The Morgan fingerprint density at radius 1 is 1.82 bits per heavy atom. The molecule has 1 aromatic rings. The number of nitrogens with zero attached hydrogens (tertiary/aromatic N) is 4. The van der Waals surface area contributed by atoms with Crippen LogP contribution in [0.3, 0.4) is 0 Å². The van der Waals surface area contributed by atoms with Gasteiger partial charge in [0.15, 0.2) is 0 Å². The highest BCUT2D eigenvalue weighted by Crippen LogP contribution is 1.92. The van der Waals surface area contributed by atoms with Crippen LogP contribution in [0.5, 0.6) is 0 Å². The van der Waals surface area contributed by atoms with E-state index in [4.69, 9.17) is 5.84 Å². The van der Waals surface area contributed by atoms with E-state index in [1.54, 1.807) is 7.05 Å². The van der Waals surface area contributed by atoms with E-state index >= 15 is 0 Å². The predicted octanol–water partition coefficient (Wildman–Crippen LogP) is -1.24. The van der Waals surface area contributed by atoms with E-state index in [0.29, 0.717) is 0 Å². The molecule has 0 aliphatic heterocycles. The van der Waals surface area contributed by atoms with E-state index in [-0.39, 0.29) is 11.7 Å². The molecule has 0 bridgehead atoms. The van der Waals surface area contributed by atoms with Gasteiger partial charge in [-0.2, -0.15) is 5.10 Å². The van der Waals surface area contributed by atoms with Crippen LogP contribution in [0.1, 0.15) is 10.6 Å². The standard InChI is InChI=1S/C5H9N5O/c1-9(6)5(11)4-7-3-8-10(4)2/h3H,6H2,1-2H3. The quantitative estimate of drug-likeness (QED) is 0.312. The molecule has 1 heterocycles. The van der Waals surface area contributed by atoms with Gasteiger partial charge in [0.1, 0.15) is 6.33 Å². The van der Waals surface area contributed by atoms with Gasteiger partial charge in [0.25, 0.3) is 0 Å². The molecule has 11 heavy (non-hydrogen) atoms. The van der Waals surface area contributed by atoms with E-state index in [1.807, 2.05) is 0 Å².